The van der Waals surface area contributed by atoms with Gasteiger partial charge in [-0.1, -0.05) is 25.3 Å². The van der Waals surface area contributed by atoms with Gasteiger partial charge in [-0.25, -0.2) is 0 Å². The predicted octanol–water partition coefficient (Wildman–Crippen LogP) is 4.13. The maximum atomic E-state index is 5.57. The third kappa shape index (κ3) is 8.94. The smallest absolute Gasteiger partial charge is 0.191 e. The van der Waals surface area contributed by atoms with Crippen molar-refractivity contribution in [3.05, 3.63) is 23.8 Å². The largest absolute Gasteiger partial charge is 0.493 e. The number of methoxy groups -OCH3 is 3. The first kappa shape index (κ1) is 28.8. The molecule has 1 aliphatic rings. The molecule has 1 aliphatic carbocycles. The lowest BCUT2D eigenvalue weighted by Crippen LogP contribution is -2.46. The van der Waals surface area contributed by atoms with Gasteiger partial charge in [0.2, 0.25) is 0 Å². The molecule has 0 radical (unpaired) electrons. The Hall–Kier alpha value is -1.26. The summed E-state index contributed by atoms with van der Waals surface area (Å²) >= 11 is 0. The fourth-order valence-corrected chi connectivity index (χ4v) is 4.22. The fourth-order valence-electron chi connectivity index (χ4n) is 4.22. The average molecular weight is 564 g/mol. The lowest BCUT2D eigenvalue weighted by atomic mass is 9.69. The number of hydrogen-bond acceptors (Lipinski definition) is 5. The number of aliphatic imine (C=N–C) groups is 1. The number of benzene rings is 1. The van der Waals surface area contributed by atoms with Crippen LogP contribution in [-0.2, 0) is 14.9 Å². The zero-order valence-electron chi connectivity index (χ0n) is 20.2. The molecule has 184 valence electrons. The van der Waals surface area contributed by atoms with Crippen molar-refractivity contribution < 1.29 is 18.9 Å². The Bertz CT molecular complexity index is 667. The first-order chi connectivity index (χ1) is 15.2. The Kier molecular flexibility index (Phi) is 14.7. The van der Waals surface area contributed by atoms with Crippen molar-refractivity contribution >= 4 is 29.9 Å². The summed E-state index contributed by atoms with van der Waals surface area (Å²) in [7, 11) is 6.89. The van der Waals surface area contributed by atoms with Crippen molar-refractivity contribution in [1.82, 2.24) is 10.6 Å². The summed E-state index contributed by atoms with van der Waals surface area (Å²) in [6.45, 7) is 3.79. The fraction of sp³-hybridized carbons (Fsp3) is 0.708. The van der Waals surface area contributed by atoms with Crippen molar-refractivity contribution in [2.45, 2.75) is 50.4 Å². The van der Waals surface area contributed by atoms with Gasteiger partial charge in [-0.05, 0) is 43.4 Å². The summed E-state index contributed by atoms with van der Waals surface area (Å²) in [6, 6.07) is 6.35. The normalized spacial score (nSPS) is 15.6. The number of nitrogens with zero attached hydrogens (tertiary/aromatic N) is 1. The third-order valence-electron chi connectivity index (χ3n) is 6.06. The van der Waals surface area contributed by atoms with E-state index in [0.29, 0.717) is 13.2 Å². The van der Waals surface area contributed by atoms with Crippen molar-refractivity contribution in [2.24, 2.45) is 4.99 Å². The van der Waals surface area contributed by atoms with Crippen molar-refractivity contribution in [2.75, 3.05) is 61.3 Å². The van der Waals surface area contributed by atoms with E-state index in [1.54, 1.807) is 21.3 Å². The van der Waals surface area contributed by atoms with Crippen LogP contribution in [0.15, 0.2) is 23.2 Å². The van der Waals surface area contributed by atoms with Gasteiger partial charge in [0.15, 0.2) is 17.5 Å². The minimum absolute atomic E-state index is 0. The quantitative estimate of drug-likeness (QED) is 0.163. The molecule has 1 aromatic carbocycles. The molecule has 0 amide bonds. The van der Waals surface area contributed by atoms with Crippen LogP contribution in [0.1, 0.15) is 50.5 Å². The van der Waals surface area contributed by atoms with Gasteiger partial charge < -0.3 is 29.6 Å². The zero-order chi connectivity index (χ0) is 22.4. The molecular formula is C24H42IN3O4. The van der Waals surface area contributed by atoms with Gasteiger partial charge in [0, 0.05) is 39.3 Å². The Morgan fingerprint density at radius 2 is 1.69 bits per heavy atom. The highest BCUT2D eigenvalue weighted by molar-refractivity contribution is 14.0. The van der Waals surface area contributed by atoms with Crippen LogP contribution in [0.2, 0.25) is 0 Å². The van der Waals surface area contributed by atoms with E-state index in [2.05, 4.69) is 27.8 Å². The molecule has 1 fully saturated rings. The zero-order valence-corrected chi connectivity index (χ0v) is 22.5. The summed E-state index contributed by atoms with van der Waals surface area (Å²) < 4.78 is 21.5. The first-order valence-electron chi connectivity index (χ1n) is 11.4. The average Bonchev–Trinajstić information content (AvgIpc) is 2.82. The maximum Gasteiger partial charge on any atom is 0.191 e. The van der Waals surface area contributed by atoms with Gasteiger partial charge in [-0.15, -0.1) is 24.0 Å². The molecule has 0 aliphatic heterocycles. The van der Waals surface area contributed by atoms with Crippen LogP contribution in [0.25, 0.3) is 0 Å². The Labute approximate surface area is 211 Å². The van der Waals surface area contributed by atoms with E-state index in [1.807, 2.05) is 13.1 Å². The Balaban J connectivity index is 0.00000512. The van der Waals surface area contributed by atoms with E-state index in [0.717, 1.165) is 62.8 Å². The van der Waals surface area contributed by atoms with Gasteiger partial charge >= 0.3 is 0 Å². The number of ether oxygens (including phenoxy) is 4. The molecule has 1 saturated carbocycles. The lowest BCUT2D eigenvalue weighted by molar-refractivity contribution is 0.0689. The number of guanidine groups is 1. The van der Waals surface area contributed by atoms with Crippen molar-refractivity contribution in [1.29, 1.82) is 0 Å². The highest BCUT2D eigenvalue weighted by atomic mass is 127. The van der Waals surface area contributed by atoms with Crippen LogP contribution < -0.4 is 20.1 Å². The van der Waals surface area contributed by atoms with E-state index in [4.69, 9.17) is 18.9 Å². The van der Waals surface area contributed by atoms with E-state index < -0.39 is 0 Å². The summed E-state index contributed by atoms with van der Waals surface area (Å²) in [6.07, 6.45) is 8.15. The lowest BCUT2D eigenvalue weighted by Gasteiger charge is -2.38. The molecule has 0 unspecified atom stereocenters. The molecule has 0 heterocycles. The minimum atomic E-state index is 0. The highest BCUT2D eigenvalue weighted by Crippen LogP contribution is 2.42. The SMILES string of the molecule is CN=C(NCCCCOCCOC)NCC1(c2ccc(OC)c(OC)c2)CCCCC1.I. The molecule has 0 aromatic heterocycles. The summed E-state index contributed by atoms with van der Waals surface area (Å²) in [5.74, 6) is 2.42. The van der Waals surface area contributed by atoms with Crippen LogP contribution in [0.4, 0.5) is 0 Å². The van der Waals surface area contributed by atoms with Crippen LogP contribution in [0.3, 0.4) is 0 Å². The Morgan fingerprint density at radius 1 is 0.938 bits per heavy atom. The monoisotopic (exact) mass is 563 g/mol. The summed E-state index contributed by atoms with van der Waals surface area (Å²) in [4.78, 5) is 4.42. The summed E-state index contributed by atoms with van der Waals surface area (Å²) in [5, 5.41) is 7.02. The van der Waals surface area contributed by atoms with Crippen molar-refractivity contribution in [3.8, 4) is 11.5 Å². The van der Waals surface area contributed by atoms with Gasteiger partial charge in [-0.2, -0.15) is 0 Å². The Morgan fingerprint density at radius 3 is 2.34 bits per heavy atom. The van der Waals surface area contributed by atoms with Gasteiger partial charge in [0.25, 0.3) is 0 Å². The molecule has 0 spiro atoms. The molecule has 0 atom stereocenters. The van der Waals surface area contributed by atoms with Crippen LogP contribution in [0, 0.1) is 0 Å². The topological polar surface area (TPSA) is 73.3 Å². The van der Waals surface area contributed by atoms with Crippen LogP contribution in [0.5, 0.6) is 11.5 Å². The third-order valence-corrected chi connectivity index (χ3v) is 6.06. The van der Waals surface area contributed by atoms with E-state index in [-0.39, 0.29) is 29.4 Å². The van der Waals surface area contributed by atoms with Gasteiger partial charge in [-0.3, -0.25) is 4.99 Å². The second-order valence-electron chi connectivity index (χ2n) is 8.08. The number of rotatable bonds is 13. The molecule has 2 N–H and O–H groups in total. The van der Waals surface area contributed by atoms with Gasteiger partial charge in [0.1, 0.15) is 0 Å². The molecular weight excluding hydrogens is 521 g/mol. The molecule has 32 heavy (non-hydrogen) atoms. The maximum absolute atomic E-state index is 5.57. The molecule has 0 bridgehead atoms. The number of halogens is 1. The molecule has 1 aromatic rings. The van der Waals surface area contributed by atoms with E-state index in [1.165, 1.54) is 24.8 Å². The standard InChI is InChI=1S/C24H41N3O4.HI/c1-25-23(26-14-8-9-15-31-17-16-28-2)27-19-24(12-6-5-7-13-24)20-10-11-21(29-3)22(18-20)30-4;/h10-11,18H,5-9,12-17,19H2,1-4H3,(H2,25,26,27);1H. The van der Waals surface area contributed by atoms with Crippen molar-refractivity contribution in [3.63, 3.8) is 0 Å². The highest BCUT2D eigenvalue weighted by Gasteiger charge is 2.34. The predicted molar refractivity (Wildman–Crippen MR) is 141 cm³/mol. The first-order valence-corrected chi connectivity index (χ1v) is 11.4. The van der Waals surface area contributed by atoms with E-state index >= 15 is 0 Å². The van der Waals surface area contributed by atoms with Crippen LogP contribution >= 0.6 is 24.0 Å². The number of unbranched alkanes of at least 4 members (excludes halogenated alkanes) is 1. The molecule has 0 saturated heterocycles. The molecule has 8 heteroatoms. The minimum Gasteiger partial charge on any atom is -0.493 e. The molecule has 7 nitrogen and oxygen atoms in total. The summed E-state index contributed by atoms with van der Waals surface area (Å²) in [5.41, 5.74) is 1.38. The number of hydrogen-bond donors (Lipinski definition) is 2. The second-order valence-corrected chi connectivity index (χ2v) is 8.08. The van der Waals surface area contributed by atoms with E-state index in [9.17, 15) is 0 Å². The van der Waals surface area contributed by atoms with Crippen LogP contribution in [-0.4, -0.2) is 67.2 Å². The molecule has 2 rings (SSSR count). The number of nitrogens with one attached hydrogen (secondary N) is 2. The van der Waals surface area contributed by atoms with Gasteiger partial charge in [0.05, 0.1) is 27.4 Å². The second kappa shape index (κ2) is 16.4.